The molecule has 0 bridgehead atoms. The number of carbonyl (C=O) groups is 2. The minimum absolute atomic E-state index is 0.104. The van der Waals surface area contributed by atoms with Gasteiger partial charge in [0.25, 0.3) is 0 Å². The molecule has 0 aliphatic rings. The number of rotatable bonds is 32. The van der Waals surface area contributed by atoms with E-state index >= 15 is 0 Å². The fourth-order valence-electron chi connectivity index (χ4n) is 5.12. The first-order valence-electron chi connectivity index (χ1n) is 18.0. The van der Waals surface area contributed by atoms with Gasteiger partial charge in [-0.2, -0.15) is 0 Å². The zero-order valence-corrected chi connectivity index (χ0v) is 28.7. The second kappa shape index (κ2) is 35.3. The Morgan fingerprint density at radius 1 is 0.455 bits per heavy atom. The van der Waals surface area contributed by atoms with Crippen LogP contribution in [0, 0.1) is 0 Å². The maximum atomic E-state index is 11.0. The van der Waals surface area contributed by atoms with Crippen molar-refractivity contribution in [1.82, 2.24) is 0 Å². The van der Waals surface area contributed by atoms with Crippen LogP contribution < -0.4 is 0 Å². The highest BCUT2D eigenvalue weighted by Crippen LogP contribution is 2.15. The standard InChI is InChI=1S/C39H68O5/c1-43-38(41)35-31-27-23-19-15-11-7-3-5-9-13-17-21-25-29-33-37(40)34-30-26-22-18-14-10-6-4-8-12-16-20-24-28-32-36-39(42)44-2/h3-4,7-8,15-16,19-20,37,40H,5-6,9-14,17-18,21-36H2,1-2H3/b7-3-,8-4-,19-15-,20-16-. The molecule has 0 saturated heterocycles. The van der Waals surface area contributed by atoms with E-state index in [9.17, 15) is 14.7 Å². The van der Waals surface area contributed by atoms with Crippen LogP contribution in [0.4, 0.5) is 0 Å². The summed E-state index contributed by atoms with van der Waals surface area (Å²) in [6, 6.07) is 0. The Balaban J connectivity index is 3.34. The van der Waals surface area contributed by atoms with Crippen molar-refractivity contribution in [3.63, 3.8) is 0 Å². The number of hydrogen-bond acceptors (Lipinski definition) is 5. The molecule has 0 aromatic heterocycles. The number of carbonyl (C=O) groups excluding carboxylic acids is 2. The second-order valence-electron chi connectivity index (χ2n) is 12.1. The van der Waals surface area contributed by atoms with Gasteiger partial charge in [-0.3, -0.25) is 9.59 Å². The molecule has 0 aromatic rings. The van der Waals surface area contributed by atoms with Crippen molar-refractivity contribution >= 4 is 11.9 Å². The van der Waals surface area contributed by atoms with E-state index in [1.54, 1.807) is 0 Å². The van der Waals surface area contributed by atoms with E-state index in [1.165, 1.54) is 91.3 Å². The van der Waals surface area contributed by atoms with Crippen molar-refractivity contribution in [3.05, 3.63) is 48.6 Å². The Labute approximate surface area is 271 Å². The number of aliphatic hydroxyl groups excluding tert-OH is 1. The molecule has 5 nitrogen and oxygen atoms in total. The van der Waals surface area contributed by atoms with E-state index in [2.05, 4.69) is 58.1 Å². The fraction of sp³-hybridized carbons (Fsp3) is 0.744. The molecule has 0 rings (SSSR count). The molecule has 44 heavy (non-hydrogen) atoms. The topological polar surface area (TPSA) is 72.8 Å². The predicted octanol–water partition coefficient (Wildman–Crippen LogP) is 11.1. The molecule has 0 aromatic carbocycles. The number of ether oxygens (including phenoxy) is 2. The van der Waals surface area contributed by atoms with Crippen LogP contribution in [0.1, 0.15) is 167 Å². The van der Waals surface area contributed by atoms with E-state index < -0.39 is 0 Å². The van der Waals surface area contributed by atoms with Gasteiger partial charge < -0.3 is 14.6 Å². The lowest BCUT2D eigenvalue weighted by atomic mass is 10.0. The average molecular weight is 617 g/mol. The Morgan fingerprint density at radius 2 is 0.750 bits per heavy atom. The summed E-state index contributed by atoms with van der Waals surface area (Å²) < 4.78 is 9.29. The lowest BCUT2D eigenvalue weighted by molar-refractivity contribution is -0.141. The van der Waals surface area contributed by atoms with Gasteiger partial charge in [-0.15, -0.1) is 0 Å². The third-order valence-corrected chi connectivity index (χ3v) is 7.99. The highest BCUT2D eigenvalue weighted by molar-refractivity contribution is 5.69. The van der Waals surface area contributed by atoms with Crippen molar-refractivity contribution < 1.29 is 24.2 Å². The zero-order valence-electron chi connectivity index (χ0n) is 28.7. The van der Waals surface area contributed by atoms with Gasteiger partial charge in [0, 0.05) is 12.8 Å². The van der Waals surface area contributed by atoms with Crippen molar-refractivity contribution in [1.29, 1.82) is 0 Å². The van der Waals surface area contributed by atoms with Crippen LogP contribution in [0.15, 0.2) is 48.6 Å². The fourth-order valence-corrected chi connectivity index (χ4v) is 5.12. The van der Waals surface area contributed by atoms with Gasteiger partial charge in [0.1, 0.15) is 0 Å². The van der Waals surface area contributed by atoms with Crippen LogP contribution in [-0.2, 0) is 19.1 Å². The minimum atomic E-state index is -0.112. The van der Waals surface area contributed by atoms with E-state index in [0.29, 0.717) is 12.8 Å². The maximum absolute atomic E-state index is 11.0. The van der Waals surface area contributed by atoms with Gasteiger partial charge in [0.05, 0.1) is 20.3 Å². The summed E-state index contributed by atoms with van der Waals surface area (Å²) in [6.45, 7) is 0. The summed E-state index contributed by atoms with van der Waals surface area (Å²) >= 11 is 0. The number of methoxy groups -OCH3 is 2. The predicted molar refractivity (Wildman–Crippen MR) is 187 cm³/mol. The second-order valence-corrected chi connectivity index (χ2v) is 12.1. The van der Waals surface area contributed by atoms with Crippen molar-refractivity contribution in [2.24, 2.45) is 0 Å². The highest BCUT2D eigenvalue weighted by Gasteiger charge is 2.04. The molecule has 0 radical (unpaired) electrons. The lowest BCUT2D eigenvalue weighted by Crippen LogP contribution is -2.05. The number of hydrogen-bond donors (Lipinski definition) is 1. The van der Waals surface area contributed by atoms with Crippen LogP contribution in [0.5, 0.6) is 0 Å². The summed E-state index contributed by atoms with van der Waals surface area (Å²) in [7, 11) is 2.89. The summed E-state index contributed by atoms with van der Waals surface area (Å²) in [5.41, 5.74) is 0. The first kappa shape index (κ1) is 41.9. The normalized spacial score (nSPS) is 12.1. The number of allylic oxidation sites excluding steroid dienone is 8. The molecule has 0 fully saturated rings. The van der Waals surface area contributed by atoms with Gasteiger partial charge in [0.15, 0.2) is 0 Å². The van der Waals surface area contributed by atoms with Crippen molar-refractivity contribution in [3.8, 4) is 0 Å². The molecule has 1 N–H and O–H groups in total. The van der Waals surface area contributed by atoms with Gasteiger partial charge >= 0.3 is 11.9 Å². The third-order valence-electron chi connectivity index (χ3n) is 7.99. The molecule has 5 heteroatoms. The summed E-state index contributed by atoms with van der Waals surface area (Å²) in [5, 5.41) is 10.3. The van der Waals surface area contributed by atoms with Crippen molar-refractivity contribution in [2.45, 2.75) is 173 Å². The maximum Gasteiger partial charge on any atom is 0.305 e. The Morgan fingerprint density at radius 3 is 1.09 bits per heavy atom. The van der Waals surface area contributed by atoms with E-state index in [1.807, 2.05) is 0 Å². The molecule has 0 spiro atoms. The Hall–Kier alpha value is -2.14. The van der Waals surface area contributed by atoms with Crippen LogP contribution >= 0.6 is 0 Å². The van der Waals surface area contributed by atoms with Crippen molar-refractivity contribution in [2.75, 3.05) is 14.2 Å². The first-order chi connectivity index (χ1) is 21.6. The molecule has 0 atom stereocenters. The molecular formula is C39H68O5. The number of aliphatic hydroxyl groups is 1. The van der Waals surface area contributed by atoms with E-state index in [4.69, 9.17) is 0 Å². The van der Waals surface area contributed by atoms with Crippen LogP contribution in [0.2, 0.25) is 0 Å². The molecule has 0 unspecified atom stereocenters. The van der Waals surface area contributed by atoms with Gasteiger partial charge in [-0.25, -0.2) is 0 Å². The smallest absolute Gasteiger partial charge is 0.305 e. The third kappa shape index (κ3) is 34.4. The molecule has 254 valence electrons. The lowest BCUT2D eigenvalue weighted by Gasteiger charge is -2.10. The first-order valence-corrected chi connectivity index (χ1v) is 18.0. The average Bonchev–Trinajstić information content (AvgIpc) is 3.03. The molecule has 0 aliphatic carbocycles. The largest absolute Gasteiger partial charge is 0.469 e. The van der Waals surface area contributed by atoms with E-state index in [-0.39, 0.29) is 18.0 Å². The van der Waals surface area contributed by atoms with E-state index in [0.717, 1.165) is 77.0 Å². The van der Waals surface area contributed by atoms with Gasteiger partial charge in [-0.05, 0) is 89.9 Å². The van der Waals surface area contributed by atoms with Crippen LogP contribution in [0.3, 0.4) is 0 Å². The van der Waals surface area contributed by atoms with Gasteiger partial charge in [-0.1, -0.05) is 113 Å². The number of unbranched alkanes of at least 4 members (excludes halogenated alkanes) is 16. The zero-order chi connectivity index (χ0) is 32.2. The highest BCUT2D eigenvalue weighted by atomic mass is 16.5. The molecule has 0 amide bonds. The summed E-state index contributed by atoms with van der Waals surface area (Å²) in [4.78, 5) is 22.1. The summed E-state index contributed by atoms with van der Waals surface area (Å²) in [6.07, 6.45) is 46.3. The molecule has 0 aliphatic heterocycles. The minimum Gasteiger partial charge on any atom is -0.469 e. The van der Waals surface area contributed by atoms with Gasteiger partial charge in [0.2, 0.25) is 0 Å². The Bertz CT molecular complexity index is 690. The molecular weight excluding hydrogens is 548 g/mol. The molecule has 0 saturated carbocycles. The monoisotopic (exact) mass is 617 g/mol. The number of esters is 2. The Kier molecular flexibility index (Phi) is 33.6. The van der Waals surface area contributed by atoms with Crippen LogP contribution in [0.25, 0.3) is 0 Å². The quantitative estimate of drug-likeness (QED) is 0.0462. The van der Waals surface area contributed by atoms with Crippen LogP contribution in [-0.4, -0.2) is 37.4 Å². The molecule has 0 heterocycles. The SMILES string of the molecule is COC(=O)CCCC/C=C\C/C=C\CCCCCCCCC(O)CCCCCCCC/C=C\C/C=C\CCCCC(=O)OC. The summed E-state index contributed by atoms with van der Waals surface area (Å²) in [5.74, 6) is -0.224.